The Balaban J connectivity index is 2.71. The zero-order valence-corrected chi connectivity index (χ0v) is 16.7. The van der Waals surface area contributed by atoms with E-state index in [1.807, 2.05) is 38.1 Å². The first kappa shape index (κ1) is 21.5. The Morgan fingerprint density at radius 3 is 2.44 bits per heavy atom. The number of rotatable bonds is 9. The Hall–Kier alpha value is -1.53. The lowest BCUT2D eigenvalue weighted by Crippen LogP contribution is -2.35. The molecular formula is C19H31N3O2S. The molecule has 140 valence electrons. The van der Waals surface area contributed by atoms with Crippen LogP contribution in [0.4, 0.5) is 0 Å². The predicted octanol–water partition coefficient (Wildman–Crippen LogP) is 2.75. The van der Waals surface area contributed by atoms with Crippen LogP contribution in [0.1, 0.15) is 44.5 Å². The third kappa shape index (κ3) is 7.48. The van der Waals surface area contributed by atoms with Gasteiger partial charge in [-0.3, -0.25) is 9.59 Å². The number of hydrogen-bond donors (Lipinski definition) is 2. The SMILES string of the molecule is CC(C)NC(=O)CSc1ccccc1C(=O)N(C)CCC(N)C(C)C. The number of amides is 2. The number of carbonyl (C=O) groups is 2. The maximum Gasteiger partial charge on any atom is 0.254 e. The summed E-state index contributed by atoms with van der Waals surface area (Å²) in [5.41, 5.74) is 6.70. The highest BCUT2D eigenvalue weighted by molar-refractivity contribution is 8.00. The second-order valence-corrected chi connectivity index (χ2v) is 7.95. The van der Waals surface area contributed by atoms with Gasteiger partial charge in [0.2, 0.25) is 5.91 Å². The Bertz CT molecular complexity index is 576. The van der Waals surface area contributed by atoms with Crippen molar-refractivity contribution >= 4 is 23.6 Å². The highest BCUT2D eigenvalue weighted by atomic mass is 32.2. The molecule has 25 heavy (non-hydrogen) atoms. The fourth-order valence-electron chi connectivity index (χ4n) is 2.26. The largest absolute Gasteiger partial charge is 0.353 e. The van der Waals surface area contributed by atoms with Gasteiger partial charge >= 0.3 is 0 Å². The van der Waals surface area contributed by atoms with Gasteiger partial charge in [0.1, 0.15) is 0 Å². The van der Waals surface area contributed by atoms with Gasteiger partial charge in [-0.25, -0.2) is 0 Å². The van der Waals surface area contributed by atoms with Gasteiger partial charge in [-0.2, -0.15) is 0 Å². The van der Waals surface area contributed by atoms with Crippen LogP contribution >= 0.6 is 11.8 Å². The van der Waals surface area contributed by atoms with E-state index in [1.54, 1.807) is 11.9 Å². The van der Waals surface area contributed by atoms with Gasteiger partial charge in [0.15, 0.2) is 0 Å². The lowest BCUT2D eigenvalue weighted by Gasteiger charge is -2.22. The average molecular weight is 366 g/mol. The van der Waals surface area contributed by atoms with Crippen LogP contribution in [0.15, 0.2) is 29.2 Å². The molecule has 0 aliphatic carbocycles. The van der Waals surface area contributed by atoms with E-state index in [0.717, 1.165) is 11.3 Å². The van der Waals surface area contributed by atoms with Crippen molar-refractivity contribution in [1.82, 2.24) is 10.2 Å². The van der Waals surface area contributed by atoms with Gasteiger partial charge < -0.3 is 16.0 Å². The Morgan fingerprint density at radius 1 is 1.20 bits per heavy atom. The summed E-state index contributed by atoms with van der Waals surface area (Å²) in [5, 5.41) is 2.86. The Kier molecular flexibility index (Phi) is 9.00. The quantitative estimate of drug-likeness (QED) is 0.660. The highest BCUT2D eigenvalue weighted by Crippen LogP contribution is 2.23. The minimum Gasteiger partial charge on any atom is -0.353 e. The molecule has 0 heterocycles. The maximum absolute atomic E-state index is 12.7. The molecular weight excluding hydrogens is 334 g/mol. The zero-order valence-electron chi connectivity index (χ0n) is 15.9. The van der Waals surface area contributed by atoms with E-state index in [4.69, 9.17) is 5.73 Å². The smallest absolute Gasteiger partial charge is 0.254 e. The zero-order chi connectivity index (χ0) is 19.0. The van der Waals surface area contributed by atoms with Gasteiger partial charge in [0.25, 0.3) is 5.91 Å². The fraction of sp³-hybridized carbons (Fsp3) is 0.579. The molecule has 0 aliphatic heterocycles. The summed E-state index contributed by atoms with van der Waals surface area (Å²) < 4.78 is 0. The van der Waals surface area contributed by atoms with E-state index in [0.29, 0.717) is 23.8 Å². The molecule has 1 aromatic carbocycles. The van der Waals surface area contributed by atoms with Crippen LogP contribution < -0.4 is 11.1 Å². The molecule has 0 aromatic heterocycles. The molecule has 0 aliphatic rings. The molecule has 0 spiro atoms. The summed E-state index contributed by atoms with van der Waals surface area (Å²) >= 11 is 1.39. The first-order chi connectivity index (χ1) is 11.7. The third-order valence-electron chi connectivity index (χ3n) is 3.93. The lowest BCUT2D eigenvalue weighted by molar-refractivity contribution is -0.119. The monoisotopic (exact) mass is 365 g/mol. The van der Waals surface area contributed by atoms with Crippen LogP contribution in [0.5, 0.6) is 0 Å². The summed E-state index contributed by atoms with van der Waals surface area (Å²) in [6.45, 7) is 8.64. The molecule has 0 saturated heterocycles. The van der Waals surface area contributed by atoms with Gasteiger partial charge in [-0.1, -0.05) is 26.0 Å². The number of thioether (sulfide) groups is 1. The third-order valence-corrected chi connectivity index (χ3v) is 5.00. The first-order valence-electron chi connectivity index (χ1n) is 8.74. The van der Waals surface area contributed by atoms with Crippen LogP contribution in [-0.4, -0.2) is 48.1 Å². The van der Waals surface area contributed by atoms with E-state index >= 15 is 0 Å². The second-order valence-electron chi connectivity index (χ2n) is 6.93. The fourth-order valence-corrected chi connectivity index (χ4v) is 3.11. The maximum atomic E-state index is 12.7. The molecule has 1 atom stereocenters. The number of carbonyl (C=O) groups excluding carboxylic acids is 2. The molecule has 3 N–H and O–H groups in total. The normalized spacial score (nSPS) is 12.3. The van der Waals surface area contributed by atoms with Crippen LogP contribution in [0, 0.1) is 5.92 Å². The Morgan fingerprint density at radius 2 is 1.84 bits per heavy atom. The molecule has 6 heteroatoms. The summed E-state index contributed by atoms with van der Waals surface area (Å²) in [5.74, 6) is 0.623. The summed E-state index contributed by atoms with van der Waals surface area (Å²) in [7, 11) is 1.79. The van der Waals surface area contributed by atoms with Crippen molar-refractivity contribution in [3.63, 3.8) is 0 Å². The topological polar surface area (TPSA) is 75.4 Å². The first-order valence-corrected chi connectivity index (χ1v) is 9.73. The average Bonchev–Trinajstić information content (AvgIpc) is 2.56. The number of nitrogens with two attached hydrogens (primary N) is 1. The van der Waals surface area contributed by atoms with E-state index in [1.165, 1.54) is 11.8 Å². The van der Waals surface area contributed by atoms with Gasteiger partial charge in [0, 0.05) is 30.6 Å². The van der Waals surface area contributed by atoms with Crippen molar-refractivity contribution in [2.75, 3.05) is 19.3 Å². The summed E-state index contributed by atoms with van der Waals surface area (Å²) in [6, 6.07) is 7.62. The number of benzene rings is 1. The van der Waals surface area contributed by atoms with Gasteiger partial charge in [0.05, 0.1) is 11.3 Å². The molecule has 0 fully saturated rings. The van der Waals surface area contributed by atoms with E-state index in [-0.39, 0.29) is 23.9 Å². The number of nitrogens with zero attached hydrogens (tertiary/aromatic N) is 1. The highest BCUT2D eigenvalue weighted by Gasteiger charge is 2.18. The van der Waals surface area contributed by atoms with E-state index in [2.05, 4.69) is 19.2 Å². The second kappa shape index (κ2) is 10.5. The van der Waals surface area contributed by atoms with E-state index in [9.17, 15) is 9.59 Å². The number of hydrogen-bond acceptors (Lipinski definition) is 4. The van der Waals surface area contributed by atoms with Crippen molar-refractivity contribution in [3.8, 4) is 0 Å². The summed E-state index contributed by atoms with van der Waals surface area (Å²) in [4.78, 5) is 27.1. The molecule has 0 bridgehead atoms. The Labute approximate surface area is 155 Å². The van der Waals surface area contributed by atoms with Crippen molar-refractivity contribution in [2.45, 2.75) is 51.1 Å². The molecule has 1 rings (SSSR count). The van der Waals surface area contributed by atoms with Crippen LogP contribution in [0.2, 0.25) is 0 Å². The molecule has 5 nitrogen and oxygen atoms in total. The minimum atomic E-state index is -0.0386. The number of nitrogens with one attached hydrogen (secondary N) is 1. The molecule has 0 radical (unpaired) electrons. The molecule has 0 saturated carbocycles. The van der Waals surface area contributed by atoms with Crippen molar-refractivity contribution in [2.24, 2.45) is 11.7 Å². The minimum absolute atomic E-state index is 0.0292. The van der Waals surface area contributed by atoms with Gasteiger partial charge in [-0.05, 0) is 38.3 Å². The lowest BCUT2D eigenvalue weighted by atomic mass is 10.0. The van der Waals surface area contributed by atoms with E-state index < -0.39 is 0 Å². The van der Waals surface area contributed by atoms with Crippen LogP contribution in [0.25, 0.3) is 0 Å². The molecule has 1 unspecified atom stereocenters. The van der Waals surface area contributed by atoms with Crippen LogP contribution in [0.3, 0.4) is 0 Å². The van der Waals surface area contributed by atoms with Crippen LogP contribution in [-0.2, 0) is 4.79 Å². The van der Waals surface area contributed by atoms with Crippen molar-refractivity contribution < 1.29 is 9.59 Å². The van der Waals surface area contributed by atoms with Crippen molar-refractivity contribution in [3.05, 3.63) is 29.8 Å². The van der Waals surface area contributed by atoms with Gasteiger partial charge in [-0.15, -0.1) is 11.8 Å². The molecule has 2 amide bonds. The van der Waals surface area contributed by atoms with Crippen molar-refractivity contribution in [1.29, 1.82) is 0 Å². The standard InChI is InChI=1S/C19H31N3O2S/c1-13(2)16(20)10-11-22(5)19(24)15-8-6-7-9-17(15)25-12-18(23)21-14(3)4/h6-9,13-14,16H,10-12,20H2,1-5H3,(H,21,23). The molecule has 1 aromatic rings. The predicted molar refractivity (Wildman–Crippen MR) is 105 cm³/mol. The summed E-state index contributed by atoms with van der Waals surface area (Å²) in [6.07, 6.45) is 0.770.